The van der Waals surface area contributed by atoms with Crippen LogP contribution in [0.1, 0.15) is 29.9 Å². The first-order chi connectivity index (χ1) is 14.7. The van der Waals surface area contributed by atoms with Gasteiger partial charge >= 0.3 is 0 Å². The Morgan fingerprint density at radius 3 is 2.60 bits per heavy atom. The number of carbonyl (C=O) groups is 1. The summed E-state index contributed by atoms with van der Waals surface area (Å²) in [5.74, 6) is 1.25. The SMILES string of the molecule is Cc1ccc(-c2noc(CCC(=O)N3CCCN(Cc4ccccc4)CC3)n2)cc1. The van der Waals surface area contributed by atoms with E-state index in [1.54, 1.807) is 0 Å². The van der Waals surface area contributed by atoms with E-state index in [2.05, 4.69) is 39.3 Å². The van der Waals surface area contributed by atoms with E-state index in [4.69, 9.17) is 4.52 Å². The number of nitrogens with zero attached hydrogens (tertiary/aromatic N) is 4. The molecule has 1 saturated heterocycles. The molecule has 0 atom stereocenters. The summed E-state index contributed by atoms with van der Waals surface area (Å²) >= 11 is 0. The third kappa shape index (κ3) is 5.33. The van der Waals surface area contributed by atoms with Gasteiger partial charge in [0.15, 0.2) is 0 Å². The van der Waals surface area contributed by atoms with Crippen molar-refractivity contribution >= 4 is 5.91 Å². The van der Waals surface area contributed by atoms with Crippen molar-refractivity contribution in [2.24, 2.45) is 0 Å². The van der Waals surface area contributed by atoms with Crippen molar-refractivity contribution in [3.63, 3.8) is 0 Å². The number of carbonyl (C=O) groups excluding carboxylic acids is 1. The predicted octanol–water partition coefficient (Wildman–Crippen LogP) is 3.71. The second-order valence-corrected chi connectivity index (χ2v) is 7.87. The van der Waals surface area contributed by atoms with Gasteiger partial charge in [0.05, 0.1) is 0 Å². The smallest absolute Gasteiger partial charge is 0.227 e. The normalized spacial score (nSPS) is 15.2. The van der Waals surface area contributed by atoms with Gasteiger partial charge in [-0.05, 0) is 18.9 Å². The van der Waals surface area contributed by atoms with Crippen LogP contribution < -0.4 is 0 Å². The average molecular weight is 405 g/mol. The third-order valence-electron chi connectivity index (χ3n) is 5.52. The van der Waals surface area contributed by atoms with E-state index < -0.39 is 0 Å². The van der Waals surface area contributed by atoms with Crippen LogP contribution in [-0.4, -0.2) is 52.0 Å². The monoisotopic (exact) mass is 404 g/mol. The molecular formula is C24H28N4O2. The van der Waals surface area contributed by atoms with Crippen LogP contribution in [0.15, 0.2) is 59.1 Å². The molecule has 6 nitrogen and oxygen atoms in total. The second-order valence-electron chi connectivity index (χ2n) is 7.87. The topological polar surface area (TPSA) is 62.5 Å². The summed E-state index contributed by atoms with van der Waals surface area (Å²) in [6.07, 6.45) is 1.87. The Bertz CT molecular complexity index is 953. The Labute approximate surface area is 177 Å². The molecule has 4 rings (SSSR count). The lowest BCUT2D eigenvalue weighted by atomic mass is 10.1. The lowest BCUT2D eigenvalue weighted by Gasteiger charge is -2.22. The zero-order valence-electron chi connectivity index (χ0n) is 17.5. The lowest BCUT2D eigenvalue weighted by molar-refractivity contribution is -0.131. The molecule has 0 N–H and O–H groups in total. The first-order valence-electron chi connectivity index (χ1n) is 10.6. The minimum atomic E-state index is 0.159. The molecule has 0 unspecified atom stereocenters. The van der Waals surface area contributed by atoms with Crippen LogP contribution in [0, 0.1) is 6.92 Å². The summed E-state index contributed by atoms with van der Waals surface area (Å²) in [7, 11) is 0. The Kier molecular flexibility index (Phi) is 6.54. The van der Waals surface area contributed by atoms with Gasteiger partial charge in [-0.3, -0.25) is 9.69 Å². The number of hydrogen-bond acceptors (Lipinski definition) is 5. The maximum Gasteiger partial charge on any atom is 0.227 e. The van der Waals surface area contributed by atoms with Gasteiger partial charge in [-0.1, -0.05) is 65.3 Å². The molecule has 6 heteroatoms. The highest BCUT2D eigenvalue weighted by molar-refractivity contribution is 5.76. The van der Waals surface area contributed by atoms with E-state index in [-0.39, 0.29) is 5.91 Å². The first kappa shape index (κ1) is 20.3. The highest BCUT2D eigenvalue weighted by Crippen LogP contribution is 2.17. The van der Waals surface area contributed by atoms with Crippen LogP contribution >= 0.6 is 0 Å². The predicted molar refractivity (Wildman–Crippen MR) is 116 cm³/mol. The molecule has 0 saturated carbocycles. The Balaban J connectivity index is 1.26. The van der Waals surface area contributed by atoms with Crippen LogP contribution in [0.2, 0.25) is 0 Å². The van der Waals surface area contributed by atoms with Gasteiger partial charge in [0.2, 0.25) is 17.6 Å². The van der Waals surface area contributed by atoms with Crippen molar-refractivity contribution in [2.75, 3.05) is 26.2 Å². The van der Waals surface area contributed by atoms with E-state index in [1.165, 1.54) is 11.1 Å². The molecule has 2 aromatic carbocycles. The fourth-order valence-electron chi connectivity index (χ4n) is 3.77. The number of aryl methyl sites for hydroxylation is 2. The Morgan fingerprint density at radius 1 is 1.00 bits per heavy atom. The molecule has 1 amide bonds. The van der Waals surface area contributed by atoms with Crippen molar-refractivity contribution in [3.8, 4) is 11.4 Å². The first-order valence-corrected chi connectivity index (χ1v) is 10.6. The number of rotatable bonds is 6. The number of amides is 1. The minimum absolute atomic E-state index is 0.159. The molecule has 30 heavy (non-hydrogen) atoms. The maximum absolute atomic E-state index is 12.7. The molecule has 1 aliphatic rings. The van der Waals surface area contributed by atoms with E-state index in [1.807, 2.05) is 42.2 Å². The quantitative estimate of drug-likeness (QED) is 0.627. The van der Waals surface area contributed by atoms with E-state index in [9.17, 15) is 4.79 Å². The van der Waals surface area contributed by atoms with Crippen molar-refractivity contribution < 1.29 is 9.32 Å². The summed E-state index contributed by atoms with van der Waals surface area (Å²) < 4.78 is 5.36. The van der Waals surface area contributed by atoms with E-state index in [0.717, 1.165) is 44.7 Å². The fraction of sp³-hybridized carbons (Fsp3) is 0.375. The van der Waals surface area contributed by atoms with Crippen molar-refractivity contribution in [2.45, 2.75) is 32.7 Å². The number of benzene rings is 2. The van der Waals surface area contributed by atoms with Crippen LogP contribution in [-0.2, 0) is 17.8 Å². The summed E-state index contributed by atoms with van der Waals surface area (Å²) in [6.45, 7) is 6.47. The van der Waals surface area contributed by atoms with Gasteiger partial charge < -0.3 is 9.42 Å². The Hall–Kier alpha value is -2.99. The summed E-state index contributed by atoms with van der Waals surface area (Å²) in [6, 6.07) is 18.5. The lowest BCUT2D eigenvalue weighted by Crippen LogP contribution is -2.35. The van der Waals surface area contributed by atoms with Gasteiger partial charge in [-0.2, -0.15) is 4.98 Å². The summed E-state index contributed by atoms with van der Waals surface area (Å²) in [5, 5.41) is 4.05. The van der Waals surface area contributed by atoms with Crippen molar-refractivity contribution in [1.82, 2.24) is 19.9 Å². The zero-order chi connectivity index (χ0) is 20.8. The van der Waals surface area contributed by atoms with Crippen molar-refractivity contribution in [3.05, 3.63) is 71.6 Å². The molecule has 1 aromatic heterocycles. The third-order valence-corrected chi connectivity index (χ3v) is 5.52. The molecule has 1 fully saturated rings. The summed E-state index contributed by atoms with van der Waals surface area (Å²) in [4.78, 5) is 21.6. The molecule has 0 aliphatic carbocycles. The summed E-state index contributed by atoms with van der Waals surface area (Å²) in [5.41, 5.74) is 3.43. The minimum Gasteiger partial charge on any atom is -0.341 e. The highest BCUT2D eigenvalue weighted by atomic mass is 16.5. The molecule has 2 heterocycles. The van der Waals surface area contributed by atoms with Crippen LogP contribution in [0.25, 0.3) is 11.4 Å². The van der Waals surface area contributed by atoms with Crippen LogP contribution in [0.4, 0.5) is 0 Å². The molecule has 3 aromatic rings. The van der Waals surface area contributed by atoms with Gasteiger partial charge in [0.1, 0.15) is 0 Å². The highest BCUT2D eigenvalue weighted by Gasteiger charge is 2.20. The molecule has 0 spiro atoms. The van der Waals surface area contributed by atoms with Crippen LogP contribution in [0.3, 0.4) is 0 Å². The standard InChI is InChI=1S/C24H28N4O2/c1-19-8-10-21(11-9-19)24-25-22(30-26-24)12-13-23(29)28-15-5-14-27(16-17-28)18-20-6-3-2-4-7-20/h2-4,6-11H,5,12-18H2,1H3. The van der Waals surface area contributed by atoms with Gasteiger partial charge in [-0.15, -0.1) is 0 Å². The van der Waals surface area contributed by atoms with E-state index in [0.29, 0.717) is 24.6 Å². The largest absolute Gasteiger partial charge is 0.341 e. The number of aromatic nitrogens is 2. The molecular weight excluding hydrogens is 376 g/mol. The number of hydrogen-bond donors (Lipinski definition) is 0. The molecule has 156 valence electrons. The molecule has 0 radical (unpaired) electrons. The zero-order valence-corrected chi connectivity index (χ0v) is 17.5. The second kappa shape index (κ2) is 9.67. The average Bonchev–Trinajstić information content (AvgIpc) is 3.12. The Morgan fingerprint density at radius 2 is 1.80 bits per heavy atom. The van der Waals surface area contributed by atoms with Gasteiger partial charge in [-0.25, -0.2) is 0 Å². The van der Waals surface area contributed by atoms with Crippen LogP contribution in [0.5, 0.6) is 0 Å². The van der Waals surface area contributed by atoms with Gasteiger partial charge in [0.25, 0.3) is 0 Å². The van der Waals surface area contributed by atoms with Gasteiger partial charge in [0, 0.05) is 51.1 Å². The maximum atomic E-state index is 12.7. The molecule has 0 bridgehead atoms. The van der Waals surface area contributed by atoms with E-state index >= 15 is 0 Å². The van der Waals surface area contributed by atoms with Crippen molar-refractivity contribution in [1.29, 1.82) is 0 Å². The fourth-order valence-corrected chi connectivity index (χ4v) is 3.77. The molecule has 1 aliphatic heterocycles.